The van der Waals surface area contributed by atoms with Gasteiger partial charge in [-0.05, 0) is 94.0 Å². The molecule has 68 heavy (non-hydrogen) atoms. The van der Waals surface area contributed by atoms with E-state index >= 15 is 0 Å². The highest BCUT2D eigenvalue weighted by molar-refractivity contribution is 7.22. The third-order valence-corrected chi connectivity index (χ3v) is 19.2. The van der Waals surface area contributed by atoms with E-state index in [1.807, 2.05) is 0 Å². The molecule has 0 radical (unpaired) electrons. The van der Waals surface area contributed by atoms with Crippen LogP contribution >= 0.6 is 0 Å². The van der Waals surface area contributed by atoms with Crippen molar-refractivity contribution in [3.05, 3.63) is 273 Å². The van der Waals surface area contributed by atoms with Gasteiger partial charge in [0.15, 0.2) is 0 Å². The van der Waals surface area contributed by atoms with E-state index in [1.165, 1.54) is 115 Å². The smallest absolute Gasteiger partial charge is 0.0541 e. The van der Waals surface area contributed by atoms with E-state index in [1.54, 1.807) is 0 Å². The summed E-state index contributed by atoms with van der Waals surface area (Å²) >= 11 is 0. The Morgan fingerprint density at radius 3 is 0.985 bits per heavy atom. The van der Waals surface area contributed by atoms with E-state index in [4.69, 9.17) is 0 Å². The van der Waals surface area contributed by atoms with Crippen LogP contribution in [0.25, 0.3) is 94.3 Å². The maximum absolute atomic E-state index is 2.85. The molecule has 0 bridgehead atoms. The number of rotatable bonds is 8. The predicted molar refractivity (Wildman–Crippen MR) is 291 cm³/mol. The Bertz CT molecular complexity index is 3610. The first-order valence-corrected chi connectivity index (χ1v) is 25.6. The maximum atomic E-state index is 2.55. The van der Waals surface area contributed by atoms with Crippen molar-refractivity contribution in [1.82, 2.24) is 4.57 Å². The van der Waals surface area contributed by atoms with Crippen LogP contribution in [0.4, 0.5) is 0 Å². The fraction of sp³-hybridized carbons (Fsp3) is 0. The lowest BCUT2D eigenvalue weighted by atomic mass is 9.97. The third-order valence-electron chi connectivity index (χ3n) is 14.3. The predicted octanol–water partition coefficient (Wildman–Crippen LogP) is 14.5. The zero-order chi connectivity index (χ0) is 45.0. The molecule has 0 N–H and O–H groups in total. The Balaban J connectivity index is 1.02. The number of fused-ring (bicyclic) bond motifs is 6. The lowest BCUT2D eigenvalue weighted by molar-refractivity contribution is 1.18. The van der Waals surface area contributed by atoms with Gasteiger partial charge in [-0.25, -0.2) is 0 Å². The normalized spacial score (nSPS) is 12.5. The molecular weight excluding hydrogens is 835 g/mol. The van der Waals surface area contributed by atoms with Crippen LogP contribution in [0.1, 0.15) is 0 Å². The molecule has 2 heteroatoms. The van der Waals surface area contributed by atoms with Gasteiger partial charge >= 0.3 is 0 Å². The molecule has 0 aliphatic carbocycles. The molecular formula is C66H45NSi-. The molecule has 319 valence electrons. The van der Waals surface area contributed by atoms with E-state index in [0.29, 0.717) is 0 Å². The molecule has 0 amide bonds. The first kappa shape index (κ1) is 39.8. The van der Waals surface area contributed by atoms with Gasteiger partial charge in [-0.3, -0.25) is 0 Å². The summed E-state index contributed by atoms with van der Waals surface area (Å²) in [6, 6.07) is 102. The summed E-state index contributed by atoms with van der Waals surface area (Å²) in [6.45, 7) is 0. The van der Waals surface area contributed by atoms with Gasteiger partial charge in [-0.1, -0.05) is 254 Å². The monoisotopic (exact) mass is 879 g/mol. The van der Waals surface area contributed by atoms with Crippen molar-refractivity contribution in [3.63, 3.8) is 0 Å². The minimum absolute atomic E-state index is 1.17. The average Bonchev–Trinajstić information content (AvgIpc) is 3.91. The Morgan fingerprint density at radius 1 is 0.235 bits per heavy atom. The van der Waals surface area contributed by atoms with Gasteiger partial charge in [0.05, 0.1) is 11.0 Å². The zero-order valence-corrected chi connectivity index (χ0v) is 38.4. The van der Waals surface area contributed by atoms with Crippen LogP contribution in [-0.4, -0.2) is 12.6 Å². The summed E-state index contributed by atoms with van der Waals surface area (Å²) in [5.41, 5.74) is 18.4. The van der Waals surface area contributed by atoms with Crippen LogP contribution in [0, 0.1) is 0 Å². The molecule has 1 nitrogen and oxygen atoms in total. The molecule has 13 rings (SSSR count). The first-order valence-electron chi connectivity index (χ1n) is 23.6. The highest BCUT2D eigenvalue weighted by Gasteiger charge is 2.37. The molecule has 0 spiro atoms. The topological polar surface area (TPSA) is 4.93 Å². The fourth-order valence-electron chi connectivity index (χ4n) is 11.1. The third kappa shape index (κ3) is 6.53. The average molecular weight is 880 g/mol. The molecule has 1 aliphatic heterocycles. The van der Waals surface area contributed by atoms with E-state index < -0.39 is 8.07 Å². The first-order chi connectivity index (χ1) is 33.7. The summed E-state index contributed by atoms with van der Waals surface area (Å²) in [4.78, 5) is 0. The number of nitrogens with zero attached hydrogens (tertiary/aromatic N) is 1. The Labute approximate surface area is 398 Å². The summed E-state index contributed by atoms with van der Waals surface area (Å²) < 4.78 is 2.52. The molecule has 0 unspecified atom stereocenters. The number of hydrogen-bond donors (Lipinski definition) is 0. The van der Waals surface area contributed by atoms with Gasteiger partial charge in [0.1, 0.15) is 0 Å². The van der Waals surface area contributed by atoms with Gasteiger partial charge in [0.25, 0.3) is 0 Å². The van der Waals surface area contributed by atoms with Crippen molar-refractivity contribution in [1.29, 1.82) is 0 Å². The van der Waals surface area contributed by atoms with E-state index in [0.717, 1.165) is 0 Å². The largest absolute Gasteiger partial charge is 0.309 e. The van der Waals surface area contributed by atoms with Crippen molar-refractivity contribution in [2.24, 2.45) is 0 Å². The minimum Gasteiger partial charge on any atom is -0.309 e. The quantitative estimate of drug-likeness (QED) is 0.134. The zero-order valence-electron chi connectivity index (χ0n) is 37.4. The van der Waals surface area contributed by atoms with Crippen molar-refractivity contribution in [2.45, 2.75) is 0 Å². The SMILES string of the molecule is c1ccc(-c2ccc(-c3ccc4c(c3)c3cc(-c5ccc(-c6ccccc6)cc5)ccc3n4-c3ccc4c(c3)[Si-](c3ccccc3)(c3ccccc3)c3cc(-c5ccccc5)ccc3-4)cc2)cc1. The van der Waals surface area contributed by atoms with E-state index in [9.17, 15) is 0 Å². The Hall–Kier alpha value is -8.56. The van der Waals surface area contributed by atoms with Crippen molar-refractivity contribution >= 4 is 50.6 Å². The lowest BCUT2D eigenvalue weighted by Crippen LogP contribution is -2.72. The molecule has 1 aliphatic rings. The summed E-state index contributed by atoms with van der Waals surface area (Å²) in [6.07, 6.45) is 0. The molecule has 0 saturated heterocycles. The van der Waals surface area contributed by atoms with Crippen molar-refractivity contribution in [3.8, 4) is 72.4 Å². The number of aromatic nitrogens is 1. The molecule has 11 aromatic carbocycles. The molecule has 12 aromatic rings. The van der Waals surface area contributed by atoms with Gasteiger partial charge < -0.3 is 4.57 Å². The minimum atomic E-state index is -2.85. The standard InChI is InChI=1S/C66H45NSi/c1-6-16-46(17-7-1)49-26-30-51(31-27-49)53-35-40-63-61(42-53)62-43-54(52-32-28-50(29-33-52)47-18-8-2-9-19-47)36-41-64(62)67(63)56-37-39-60-59-38-34-55(48-20-10-3-11-21-48)44-65(59)68(66(60)45-56,57-22-12-4-13-23-57)58-24-14-5-15-25-58/h1-45H/q-1. The number of hydrogen-bond acceptors (Lipinski definition) is 0. The van der Waals surface area contributed by atoms with Gasteiger partial charge in [-0.15, -0.1) is 0 Å². The summed E-state index contributed by atoms with van der Waals surface area (Å²) in [5, 5.41) is 8.12. The van der Waals surface area contributed by atoms with Crippen LogP contribution in [0.15, 0.2) is 273 Å². The second-order valence-corrected chi connectivity index (χ2v) is 21.8. The Morgan fingerprint density at radius 2 is 0.544 bits per heavy atom. The van der Waals surface area contributed by atoms with Crippen molar-refractivity contribution < 1.29 is 0 Å². The van der Waals surface area contributed by atoms with Crippen molar-refractivity contribution in [2.75, 3.05) is 0 Å². The Kier molecular flexibility index (Phi) is 9.59. The molecule has 2 heterocycles. The summed E-state index contributed by atoms with van der Waals surface area (Å²) in [7, 11) is -2.85. The fourth-order valence-corrected chi connectivity index (χ4v) is 16.3. The van der Waals surface area contributed by atoms with Crippen LogP contribution in [0.5, 0.6) is 0 Å². The van der Waals surface area contributed by atoms with Gasteiger partial charge in [0.2, 0.25) is 0 Å². The molecule has 1 aromatic heterocycles. The van der Waals surface area contributed by atoms with Gasteiger partial charge in [-0.2, -0.15) is 20.7 Å². The van der Waals surface area contributed by atoms with Gasteiger partial charge in [0, 0.05) is 16.5 Å². The highest BCUT2D eigenvalue weighted by Crippen LogP contribution is 2.40. The molecule has 0 saturated carbocycles. The molecule has 0 atom stereocenters. The van der Waals surface area contributed by atoms with Crippen LogP contribution in [0.3, 0.4) is 0 Å². The second kappa shape index (κ2) is 16.4. The second-order valence-electron chi connectivity index (χ2n) is 18.0. The van der Waals surface area contributed by atoms with E-state index in [2.05, 4.69) is 278 Å². The van der Waals surface area contributed by atoms with E-state index in [-0.39, 0.29) is 0 Å². The van der Waals surface area contributed by atoms with Crippen LogP contribution in [0.2, 0.25) is 0 Å². The maximum Gasteiger partial charge on any atom is 0.0541 e. The number of benzene rings is 11. The highest BCUT2D eigenvalue weighted by atomic mass is 28.3. The van der Waals surface area contributed by atoms with Crippen LogP contribution < -0.4 is 20.7 Å². The lowest BCUT2D eigenvalue weighted by Gasteiger charge is -2.44. The molecule has 0 fully saturated rings. The van der Waals surface area contributed by atoms with Crippen LogP contribution in [-0.2, 0) is 0 Å². The summed E-state index contributed by atoms with van der Waals surface area (Å²) in [5.74, 6) is 0.